The Labute approximate surface area is 139 Å². The first-order valence-electron chi connectivity index (χ1n) is 8.13. The van der Waals surface area contributed by atoms with Crippen molar-refractivity contribution in [3.05, 3.63) is 24.0 Å². The van der Waals surface area contributed by atoms with E-state index in [-0.39, 0.29) is 18.4 Å². The third kappa shape index (κ3) is 3.29. The number of carbonyl (C=O) groups excluding carboxylic acids is 1. The van der Waals surface area contributed by atoms with Gasteiger partial charge in [0.05, 0.1) is 11.5 Å². The van der Waals surface area contributed by atoms with Crippen molar-refractivity contribution in [3.8, 4) is 5.75 Å². The molecule has 3 rings (SSSR count). The molecule has 2 amide bonds. The minimum Gasteiger partial charge on any atom is -0.487 e. The molecule has 7 heteroatoms. The normalized spacial score (nSPS) is 23.7. The van der Waals surface area contributed by atoms with Gasteiger partial charge in [-0.2, -0.15) is 0 Å². The third-order valence-electron chi connectivity index (χ3n) is 4.81. The number of rotatable bonds is 4. The largest absolute Gasteiger partial charge is 0.487 e. The summed E-state index contributed by atoms with van der Waals surface area (Å²) in [6.07, 6.45) is 3.46. The number of anilines is 1. The van der Waals surface area contributed by atoms with E-state index in [2.05, 4.69) is 5.32 Å². The molecule has 1 aliphatic heterocycles. The quantitative estimate of drug-likeness (QED) is 0.885. The van der Waals surface area contributed by atoms with Gasteiger partial charge in [0.15, 0.2) is 11.6 Å². The minimum absolute atomic E-state index is 0.0817. The third-order valence-corrected chi connectivity index (χ3v) is 4.81. The first-order chi connectivity index (χ1) is 11.4. The van der Waals surface area contributed by atoms with E-state index >= 15 is 0 Å². The number of benzene rings is 1. The standard InChI is InChI=1S/C17H21FN2O4/c1-17(15(21)22)7-8-20(10-17)16(23)19-11-5-6-14(13(18)9-11)24-12-3-2-4-12/h5-6,9,12H,2-4,7-8,10H2,1H3,(H,19,23)(H,21,22). The molecule has 1 aliphatic carbocycles. The van der Waals surface area contributed by atoms with Gasteiger partial charge in [0, 0.05) is 24.8 Å². The number of hydrogen-bond donors (Lipinski definition) is 2. The first-order valence-corrected chi connectivity index (χ1v) is 8.13. The average Bonchev–Trinajstić information content (AvgIpc) is 2.89. The van der Waals surface area contributed by atoms with Crippen LogP contribution in [0, 0.1) is 11.2 Å². The van der Waals surface area contributed by atoms with Crippen LogP contribution in [0.3, 0.4) is 0 Å². The lowest BCUT2D eigenvalue weighted by Crippen LogP contribution is -2.37. The number of hydrogen-bond acceptors (Lipinski definition) is 3. The van der Waals surface area contributed by atoms with Crippen molar-refractivity contribution in [3.63, 3.8) is 0 Å². The Morgan fingerprint density at radius 3 is 2.71 bits per heavy atom. The number of nitrogens with one attached hydrogen (secondary N) is 1. The van der Waals surface area contributed by atoms with E-state index in [0.717, 1.165) is 19.3 Å². The molecular formula is C17H21FN2O4. The van der Waals surface area contributed by atoms with Gasteiger partial charge < -0.3 is 20.1 Å². The molecule has 1 atom stereocenters. The van der Waals surface area contributed by atoms with Crippen molar-refractivity contribution in [1.29, 1.82) is 0 Å². The van der Waals surface area contributed by atoms with Gasteiger partial charge in [0.2, 0.25) is 0 Å². The molecule has 0 aromatic heterocycles. The predicted molar refractivity (Wildman–Crippen MR) is 85.6 cm³/mol. The van der Waals surface area contributed by atoms with Gasteiger partial charge in [0.25, 0.3) is 0 Å². The van der Waals surface area contributed by atoms with Crippen LogP contribution in [0.15, 0.2) is 18.2 Å². The highest BCUT2D eigenvalue weighted by atomic mass is 19.1. The number of aliphatic carboxylic acids is 1. The molecule has 0 bridgehead atoms. The van der Waals surface area contributed by atoms with Gasteiger partial charge >= 0.3 is 12.0 Å². The van der Waals surface area contributed by atoms with Crippen molar-refractivity contribution in [1.82, 2.24) is 4.90 Å². The summed E-state index contributed by atoms with van der Waals surface area (Å²) in [5, 5.41) is 11.8. The number of nitrogens with zero attached hydrogens (tertiary/aromatic N) is 1. The summed E-state index contributed by atoms with van der Waals surface area (Å²) in [5.41, 5.74) is -0.606. The fourth-order valence-corrected chi connectivity index (χ4v) is 2.85. The highest BCUT2D eigenvalue weighted by Gasteiger charge is 2.42. The maximum atomic E-state index is 14.1. The SMILES string of the molecule is CC1(C(=O)O)CCN(C(=O)Nc2ccc(OC3CCC3)c(F)c2)C1. The Bertz CT molecular complexity index is 662. The Kier molecular flexibility index (Phi) is 4.34. The smallest absolute Gasteiger partial charge is 0.321 e. The molecule has 1 aromatic rings. The number of amides is 2. The van der Waals surface area contributed by atoms with Gasteiger partial charge in [-0.05, 0) is 44.7 Å². The van der Waals surface area contributed by atoms with Gasteiger partial charge in [-0.3, -0.25) is 4.79 Å². The van der Waals surface area contributed by atoms with Crippen LogP contribution in [-0.4, -0.2) is 41.2 Å². The topological polar surface area (TPSA) is 78.9 Å². The van der Waals surface area contributed by atoms with Gasteiger partial charge in [-0.25, -0.2) is 9.18 Å². The number of carbonyl (C=O) groups is 2. The molecule has 2 N–H and O–H groups in total. The zero-order valence-corrected chi connectivity index (χ0v) is 13.5. The van der Waals surface area contributed by atoms with Crippen LogP contribution in [0.5, 0.6) is 5.75 Å². The van der Waals surface area contributed by atoms with E-state index in [0.29, 0.717) is 18.7 Å². The van der Waals surface area contributed by atoms with Crippen molar-refractivity contribution < 1.29 is 23.8 Å². The second kappa shape index (κ2) is 6.30. The second-order valence-corrected chi connectivity index (χ2v) is 6.78. The Morgan fingerprint density at radius 2 is 2.17 bits per heavy atom. The van der Waals surface area contributed by atoms with Crippen molar-refractivity contribution in [2.45, 2.75) is 38.7 Å². The van der Waals surface area contributed by atoms with Crippen LogP contribution < -0.4 is 10.1 Å². The maximum Gasteiger partial charge on any atom is 0.321 e. The van der Waals surface area contributed by atoms with Crippen LogP contribution in [0.4, 0.5) is 14.9 Å². The Hall–Kier alpha value is -2.31. The molecule has 0 radical (unpaired) electrons. The van der Waals surface area contributed by atoms with Gasteiger partial charge in [-0.1, -0.05) is 0 Å². The molecule has 1 aromatic carbocycles. The van der Waals surface area contributed by atoms with Crippen LogP contribution in [0.25, 0.3) is 0 Å². The van der Waals surface area contributed by atoms with Crippen LogP contribution >= 0.6 is 0 Å². The molecule has 1 saturated carbocycles. The molecule has 1 heterocycles. The lowest BCUT2D eigenvalue weighted by atomic mass is 9.90. The number of carboxylic acid groups (broad SMARTS) is 1. The fraction of sp³-hybridized carbons (Fsp3) is 0.529. The minimum atomic E-state index is -0.928. The fourth-order valence-electron chi connectivity index (χ4n) is 2.85. The lowest BCUT2D eigenvalue weighted by molar-refractivity contribution is -0.146. The highest BCUT2D eigenvalue weighted by Crippen LogP contribution is 2.31. The van der Waals surface area contributed by atoms with Crippen molar-refractivity contribution >= 4 is 17.7 Å². The number of carboxylic acids is 1. The van der Waals surface area contributed by atoms with E-state index in [1.165, 1.54) is 17.0 Å². The van der Waals surface area contributed by atoms with E-state index < -0.39 is 23.2 Å². The molecular weight excluding hydrogens is 315 g/mol. The number of likely N-dealkylation sites (tertiary alicyclic amines) is 1. The maximum absolute atomic E-state index is 14.1. The predicted octanol–water partition coefficient (Wildman–Crippen LogP) is 3.09. The second-order valence-electron chi connectivity index (χ2n) is 6.78. The van der Waals surface area contributed by atoms with Crippen LogP contribution in [0.1, 0.15) is 32.6 Å². The highest BCUT2D eigenvalue weighted by molar-refractivity contribution is 5.90. The molecule has 130 valence electrons. The van der Waals surface area contributed by atoms with E-state index in [4.69, 9.17) is 4.74 Å². The van der Waals surface area contributed by atoms with Crippen LogP contribution in [0.2, 0.25) is 0 Å². The molecule has 1 saturated heterocycles. The molecule has 1 unspecified atom stereocenters. The number of urea groups is 1. The first kappa shape index (κ1) is 16.5. The van der Waals surface area contributed by atoms with Gasteiger partial charge in [-0.15, -0.1) is 0 Å². The summed E-state index contributed by atoms with van der Waals surface area (Å²) in [7, 11) is 0. The zero-order chi connectivity index (χ0) is 17.3. The molecule has 2 aliphatic rings. The van der Waals surface area contributed by atoms with Crippen molar-refractivity contribution in [2.24, 2.45) is 5.41 Å². The van der Waals surface area contributed by atoms with E-state index in [1.54, 1.807) is 13.0 Å². The molecule has 2 fully saturated rings. The summed E-state index contributed by atoms with van der Waals surface area (Å²) in [6.45, 7) is 2.12. The van der Waals surface area contributed by atoms with Crippen LogP contribution in [-0.2, 0) is 4.79 Å². The average molecular weight is 336 g/mol. The number of ether oxygens (including phenoxy) is 1. The summed E-state index contributed by atoms with van der Waals surface area (Å²) in [4.78, 5) is 24.9. The van der Waals surface area contributed by atoms with E-state index in [1.807, 2.05) is 0 Å². The molecule has 0 spiro atoms. The van der Waals surface area contributed by atoms with Crippen molar-refractivity contribution in [2.75, 3.05) is 18.4 Å². The summed E-state index contributed by atoms with van der Waals surface area (Å²) in [5.74, 6) is -1.24. The lowest BCUT2D eigenvalue weighted by Gasteiger charge is -2.26. The summed E-state index contributed by atoms with van der Waals surface area (Å²) < 4.78 is 19.6. The molecule has 24 heavy (non-hydrogen) atoms. The zero-order valence-electron chi connectivity index (χ0n) is 13.5. The number of halogens is 1. The summed E-state index contributed by atoms with van der Waals surface area (Å²) in [6, 6.07) is 3.89. The monoisotopic (exact) mass is 336 g/mol. The van der Waals surface area contributed by atoms with E-state index in [9.17, 15) is 19.1 Å². The Balaban J connectivity index is 1.60. The van der Waals surface area contributed by atoms with Gasteiger partial charge in [0.1, 0.15) is 0 Å². The Morgan fingerprint density at radius 1 is 1.42 bits per heavy atom. The summed E-state index contributed by atoms with van der Waals surface area (Å²) >= 11 is 0. The molecule has 6 nitrogen and oxygen atoms in total.